The fourth-order valence-corrected chi connectivity index (χ4v) is 1.68. The molecule has 0 aromatic rings. The van der Waals surface area contributed by atoms with Crippen LogP contribution >= 0.6 is 0 Å². The van der Waals surface area contributed by atoms with Crippen LogP contribution in [-0.4, -0.2) is 54.5 Å². The molecule has 1 heterocycles. The van der Waals surface area contributed by atoms with Gasteiger partial charge in [-0.15, -0.1) is 0 Å². The first-order valence-electron chi connectivity index (χ1n) is 4.77. The predicted octanol–water partition coefficient (Wildman–Crippen LogP) is -0.504. The summed E-state index contributed by atoms with van der Waals surface area (Å²) < 4.78 is 0. The van der Waals surface area contributed by atoms with Gasteiger partial charge in [0.15, 0.2) is 0 Å². The van der Waals surface area contributed by atoms with Gasteiger partial charge >= 0.3 is 0 Å². The molecule has 0 spiro atoms. The molecule has 1 fully saturated rings. The summed E-state index contributed by atoms with van der Waals surface area (Å²) in [6.07, 6.45) is 0. The second-order valence-electron chi connectivity index (χ2n) is 3.91. The molecule has 4 nitrogen and oxygen atoms in total. The number of likely N-dealkylation sites (N-methyl/N-ethyl adjacent to an activating group) is 1. The minimum atomic E-state index is -0.00949. The molecule has 1 aliphatic rings. The number of carbonyl (C=O) groups is 1. The summed E-state index contributed by atoms with van der Waals surface area (Å²) in [5.41, 5.74) is 5.70. The topological polar surface area (TPSA) is 49.6 Å². The minimum absolute atomic E-state index is 0.00949. The first-order valence-corrected chi connectivity index (χ1v) is 4.77. The van der Waals surface area contributed by atoms with Crippen molar-refractivity contribution in [2.45, 2.75) is 25.9 Å². The maximum atomic E-state index is 11.6. The molecule has 0 bridgehead atoms. The maximum absolute atomic E-state index is 11.6. The van der Waals surface area contributed by atoms with Crippen LogP contribution in [-0.2, 0) is 4.79 Å². The van der Waals surface area contributed by atoms with Crippen LogP contribution in [0.15, 0.2) is 0 Å². The van der Waals surface area contributed by atoms with E-state index in [-0.39, 0.29) is 18.0 Å². The second-order valence-corrected chi connectivity index (χ2v) is 3.91. The second kappa shape index (κ2) is 4.07. The Labute approximate surface area is 79.7 Å². The normalized spacial score (nSPS) is 27.8. The predicted molar refractivity (Wildman–Crippen MR) is 52.3 cm³/mol. The van der Waals surface area contributed by atoms with Gasteiger partial charge < -0.3 is 10.6 Å². The van der Waals surface area contributed by atoms with Crippen LogP contribution in [0.2, 0.25) is 0 Å². The number of piperazine rings is 1. The number of carbonyl (C=O) groups excluding carboxylic acids is 1. The first-order chi connectivity index (χ1) is 6.02. The summed E-state index contributed by atoms with van der Waals surface area (Å²) in [7, 11) is 1.85. The van der Waals surface area contributed by atoms with Gasteiger partial charge in [0.2, 0.25) is 5.91 Å². The molecule has 13 heavy (non-hydrogen) atoms. The van der Waals surface area contributed by atoms with Crippen molar-refractivity contribution in [1.82, 2.24) is 9.80 Å². The quantitative estimate of drug-likeness (QED) is 0.631. The van der Waals surface area contributed by atoms with Crippen LogP contribution in [0.25, 0.3) is 0 Å². The Bertz CT molecular complexity index is 193. The van der Waals surface area contributed by atoms with Crippen molar-refractivity contribution in [2.24, 2.45) is 5.73 Å². The van der Waals surface area contributed by atoms with Gasteiger partial charge in [-0.1, -0.05) is 0 Å². The van der Waals surface area contributed by atoms with Crippen molar-refractivity contribution >= 4 is 5.91 Å². The van der Waals surface area contributed by atoms with Crippen LogP contribution in [0.1, 0.15) is 13.8 Å². The van der Waals surface area contributed by atoms with E-state index in [1.54, 1.807) is 4.90 Å². The molecule has 1 rings (SSSR count). The van der Waals surface area contributed by atoms with E-state index in [0.29, 0.717) is 0 Å². The number of hydrogen-bond donors (Lipinski definition) is 1. The van der Waals surface area contributed by atoms with E-state index in [1.807, 2.05) is 20.9 Å². The average Bonchev–Trinajstić information content (AvgIpc) is 2.06. The number of amides is 1. The van der Waals surface area contributed by atoms with Gasteiger partial charge in [0, 0.05) is 32.7 Å². The summed E-state index contributed by atoms with van der Waals surface area (Å²) in [6.45, 7) is 6.47. The summed E-state index contributed by atoms with van der Waals surface area (Å²) in [5, 5.41) is 0. The van der Waals surface area contributed by atoms with Gasteiger partial charge in [0.25, 0.3) is 0 Å². The lowest BCUT2D eigenvalue weighted by atomic mass is 10.1. The Morgan fingerprint density at radius 1 is 1.62 bits per heavy atom. The SMILES string of the molecule is CC(N)CN1CCN(C)C(=O)C1C. The van der Waals surface area contributed by atoms with E-state index in [9.17, 15) is 4.79 Å². The van der Waals surface area contributed by atoms with Gasteiger partial charge in [-0.3, -0.25) is 9.69 Å². The third-order valence-electron chi connectivity index (χ3n) is 2.53. The first kappa shape index (κ1) is 10.5. The molecular formula is C9H19N3O. The van der Waals surface area contributed by atoms with Gasteiger partial charge in [-0.25, -0.2) is 0 Å². The Hall–Kier alpha value is -0.610. The highest BCUT2D eigenvalue weighted by Gasteiger charge is 2.29. The van der Waals surface area contributed by atoms with Crippen molar-refractivity contribution < 1.29 is 4.79 Å². The van der Waals surface area contributed by atoms with Gasteiger partial charge in [0.1, 0.15) is 0 Å². The van der Waals surface area contributed by atoms with Crippen molar-refractivity contribution in [3.05, 3.63) is 0 Å². The van der Waals surface area contributed by atoms with Crippen LogP contribution in [0.5, 0.6) is 0 Å². The molecule has 2 N–H and O–H groups in total. The molecule has 0 saturated carbocycles. The van der Waals surface area contributed by atoms with E-state index in [0.717, 1.165) is 19.6 Å². The molecule has 1 saturated heterocycles. The average molecular weight is 185 g/mol. The standard InChI is InChI=1S/C9H19N3O/c1-7(10)6-12-5-4-11(3)9(13)8(12)2/h7-8H,4-6,10H2,1-3H3. The Morgan fingerprint density at radius 2 is 2.23 bits per heavy atom. The molecule has 2 atom stereocenters. The molecule has 1 aliphatic heterocycles. The summed E-state index contributed by atoms with van der Waals surface area (Å²) in [6, 6.07) is 0.128. The monoisotopic (exact) mass is 185 g/mol. The van der Waals surface area contributed by atoms with Crippen molar-refractivity contribution in [1.29, 1.82) is 0 Å². The van der Waals surface area contributed by atoms with Crippen molar-refractivity contribution in [3.8, 4) is 0 Å². The largest absolute Gasteiger partial charge is 0.343 e. The molecule has 0 aliphatic carbocycles. The van der Waals surface area contributed by atoms with Crippen LogP contribution in [0.3, 0.4) is 0 Å². The summed E-state index contributed by atoms with van der Waals surface area (Å²) >= 11 is 0. The third kappa shape index (κ3) is 2.42. The third-order valence-corrected chi connectivity index (χ3v) is 2.53. The van der Waals surface area contributed by atoms with Crippen LogP contribution < -0.4 is 5.73 Å². The number of hydrogen-bond acceptors (Lipinski definition) is 3. The van der Waals surface area contributed by atoms with Crippen LogP contribution in [0.4, 0.5) is 0 Å². The van der Waals surface area contributed by atoms with Crippen LogP contribution in [0, 0.1) is 0 Å². The highest BCUT2D eigenvalue weighted by molar-refractivity contribution is 5.81. The number of nitrogens with two attached hydrogens (primary N) is 1. The molecule has 0 aromatic carbocycles. The van der Waals surface area contributed by atoms with Crippen molar-refractivity contribution in [2.75, 3.05) is 26.7 Å². The van der Waals surface area contributed by atoms with Gasteiger partial charge in [-0.05, 0) is 13.8 Å². The summed E-state index contributed by atoms with van der Waals surface area (Å²) in [5.74, 6) is 0.201. The molecule has 1 amide bonds. The lowest BCUT2D eigenvalue weighted by Gasteiger charge is -2.38. The lowest BCUT2D eigenvalue weighted by molar-refractivity contribution is -0.139. The molecule has 4 heteroatoms. The molecule has 0 radical (unpaired) electrons. The zero-order chi connectivity index (χ0) is 10.0. The molecular weight excluding hydrogens is 166 g/mol. The van der Waals surface area contributed by atoms with Crippen molar-refractivity contribution in [3.63, 3.8) is 0 Å². The smallest absolute Gasteiger partial charge is 0.239 e. The van der Waals surface area contributed by atoms with E-state index in [2.05, 4.69) is 4.90 Å². The number of nitrogens with zero attached hydrogens (tertiary/aromatic N) is 2. The Balaban J connectivity index is 2.54. The van der Waals surface area contributed by atoms with E-state index in [1.165, 1.54) is 0 Å². The Morgan fingerprint density at radius 3 is 2.77 bits per heavy atom. The highest BCUT2D eigenvalue weighted by atomic mass is 16.2. The van der Waals surface area contributed by atoms with E-state index in [4.69, 9.17) is 5.73 Å². The van der Waals surface area contributed by atoms with E-state index < -0.39 is 0 Å². The molecule has 2 unspecified atom stereocenters. The van der Waals surface area contributed by atoms with E-state index >= 15 is 0 Å². The number of rotatable bonds is 2. The van der Waals surface area contributed by atoms with Gasteiger partial charge in [-0.2, -0.15) is 0 Å². The van der Waals surface area contributed by atoms with Gasteiger partial charge in [0.05, 0.1) is 6.04 Å². The fraction of sp³-hybridized carbons (Fsp3) is 0.889. The zero-order valence-corrected chi connectivity index (χ0v) is 8.66. The highest BCUT2D eigenvalue weighted by Crippen LogP contribution is 2.09. The minimum Gasteiger partial charge on any atom is -0.343 e. The molecule has 76 valence electrons. The zero-order valence-electron chi connectivity index (χ0n) is 8.66. The molecule has 0 aromatic heterocycles. The maximum Gasteiger partial charge on any atom is 0.239 e. The fourth-order valence-electron chi connectivity index (χ4n) is 1.68. The summed E-state index contributed by atoms with van der Waals surface area (Å²) in [4.78, 5) is 15.5. The Kier molecular flexibility index (Phi) is 3.27. The lowest BCUT2D eigenvalue weighted by Crippen LogP contribution is -2.56.